The molecular weight excluding hydrogens is 535 g/mol. The summed E-state index contributed by atoms with van der Waals surface area (Å²) in [6.45, 7) is 2.59. The molecule has 1 fully saturated rings. The van der Waals surface area contributed by atoms with Crippen molar-refractivity contribution >= 4 is 28.2 Å². The second kappa shape index (κ2) is 11.5. The number of nitrogens with one attached hydrogen (secondary N) is 2. The van der Waals surface area contributed by atoms with Gasteiger partial charge in [-0.3, -0.25) is 4.79 Å². The number of halogens is 1. The Labute approximate surface area is 242 Å². The van der Waals surface area contributed by atoms with Crippen LogP contribution in [-0.2, 0) is 11.2 Å². The Bertz CT molecular complexity index is 1770. The molecule has 0 bridgehead atoms. The van der Waals surface area contributed by atoms with Gasteiger partial charge in [-0.2, -0.15) is 0 Å². The molecule has 1 saturated heterocycles. The van der Waals surface area contributed by atoms with E-state index in [4.69, 9.17) is 20.9 Å². The molecule has 2 aromatic heterocycles. The molecule has 1 aliphatic rings. The van der Waals surface area contributed by atoms with Crippen LogP contribution in [0.4, 0.5) is 15.9 Å². The van der Waals surface area contributed by atoms with Crippen LogP contribution >= 0.6 is 0 Å². The van der Waals surface area contributed by atoms with Gasteiger partial charge >= 0.3 is 0 Å². The minimum Gasteiger partial charge on any atom is -0.462 e. The first-order valence-electron chi connectivity index (χ1n) is 13.9. The van der Waals surface area contributed by atoms with Crippen LogP contribution in [0.3, 0.4) is 0 Å². The van der Waals surface area contributed by atoms with Gasteiger partial charge in [-0.05, 0) is 60.2 Å². The summed E-state index contributed by atoms with van der Waals surface area (Å²) >= 11 is 0. The van der Waals surface area contributed by atoms with Crippen LogP contribution in [0.5, 0.6) is 5.75 Å². The normalized spacial score (nSPS) is 15.5. The average molecular weight is 567 g/mol. The molecule has 5 aromatic rings. The maximum Gasteiger partial charge on any atom is 0.249 e. The number of carbonyl (C=O) groups excluding carboxylic acids is 1. The summed E-state index contributed by atoms with van der Waals surface area (Å²) in [7, 11) is 0. The molecule has 42 heavy (non-hydrogen) atoms. The lowest BCUT2D eigenvalue weighted by Crippen LogP contribution is -2.19. The molecule has 6 N–H and O–H groups in total. The highest BCUT2D eigenvalue weighted by Gasteiger charge is 2.27. The predicted molar refractivity (Wildman–Crippen MR) is 160 cm³/mol. The third-order valence-electron chi connectivity index (χ3n) is 7.45. The number of primary amides is 1. The van der Waals surface area contributed by atoms with E-state index in [1.54, 1.807) is 36.7 Å². The van der Waals surface area contributed by atoms with Gasteiger partial charge in [0.2, 0.25) is 5.91 Å². The van der Waals surface area contributed by atoms with Crippen molar-refractivity contribution < 1.29 is 18.7 Å². The Morgan fingerprint density at radius 1 is 1.19 bits per heavy atom. The summed E-state index contributed by atoms with van der Waals surface area (Å²) in [5, 5.41) is 5.16. The third kappa shape index (κ3) is 5.36. The number of aryl methyl sites for hydroxylation is 1. The molecule has 3 aromatic carbocycles. The number of aromatic nitrogens is 3. The number of fused-ring (bicyclic) bond motifs is 1. The number of amides is 1. The summed E-state index contributed by atoms with van der Waals surface area (Å²) < 4.78 is 27.9. The van der Waals surface area contributed by atoms with E-state index >= 15 is 4.39 Å². The molecule has 0 aliphatic carbocycles. The second-order valence-electron chi connectivity index (χ2n) is 10.2. The van der Waals surface area contributed by atoms with Crippen molar-refractivity contribution in [3.63, 3.8) is 0 Å². The van der Waals surface area contributed by atoms with Gasteiger partial charge in [0.15, 0.2) is 17.9 Å². The summed E-state index contributed by atoms with van der Waals surface area (Å²) in [5.41, 5.74) is 15.2. The predicted octanol–water partition coefficient (Wildman–Crippen LogP) is 5.72. The van der Waals surface area contributed by atoms with Crippen molar-refractivity contribution in [3.8, 4) is 17.0 Å². The van der Waals surface area contributed by atoms with Crippen LogP contribution in [-0.4, -0.2) is 33.8 Å². The molecular formula is C32H31FN6O3. The standard InChI is InChI=1S/C32H31FN6O3/c1-2-18-14-24(28(33)26(15-18)42-27-8-5-13-41-27)29(38-20-9-10-21-19(16-20)11-12-36-30(21)34)32-37-17-25(39-32)22-6-3-4-7-23(22)31(35)40/h3-4,6-7,9-12,14-17,27,29,38H,2,5,8,13H2,1H3,(H2,34,36)(H2,35,40)(H,37,39)/t27-,29-/m0/s1. The lowest BCUT2D eigenvalue weighted by molar-refractivity contribution is -0.0412. The van der Waals surface area contributed by atoms with E-state index in [9.17, 15) is 4.79 Å². The zero-order chi connectivity index (χ0) is 29.2. The summed E-state index contributed by atoms with van der Waals surface area (Å²) in [6, 6.07) is 17.3. The molecule has 9 nitrogen and oxygen atoms in total. The smallest absolute Gasteiger partial charge is 0.249 e. The van der Waals surface area contributed by atoms with E-state index in [0.29, 0.717) is 53.5 Å². The van der Waals surface area contributed by atoms with Crippen molar-refractivity contribution in [1.82, 2.24) is 15.0 Å². The van der Waals surface area contributed by atoms with Gasteiger partial charge in [-0.1, -0.05) is 31.2 Å². The minimum atomic E-state index is -0.755. The van der Waals surface area contributed by atoms with E-state index in [2.05, 4.69) is 20.3 Å². The number of ether oxygens (including phenoxy) is 2. The maximum absolute atomic E-state index is 16.3. The first-order valence-corrected chi connectivity index (χ1v) is 13.9. The number of pyridine rings is 1. The Morgan fingerprint density at radius 2 is 2.05 bits per heavy atom. The van der Waals surface area contributed by atoms with Crippen molar-refractivity contribution in [2.24, 2.45) is 5.73 Å². The third-order valence-corrected chi connectivity index (χ3v) is 7.45. The number of anilines is 2. The highest BCUT2D eigenvalue weighted by Crippen LogP contribution is 2.36. The molecule has 214 valence electrons. The summed E-state index contributed by atoms with van der Waals surface area (Å²) in [6.07, 6.45) is 4.99. The zero-order valence-corrected chi connectivity index (χ0v) is 23.1. The Morgan fingerprint density at radius 3 is 2.83 bits per heavy atom. The molecule has 0 spiro atoms. The number of benzene rings is 3. The van der Waals surface area contributed by atoms with E-state index in [1.165, 1.54) is 0 Å². The van der Waals surface area contributed by atoms with Gasteiger partial charge < -0.3 is 31.2 Å². The number of imidazole rings is 1. The number of H-pyrrole nitrogens is 1. The van der Waals surface area contributed by atoms with Crippen molar-refractivity contribution in [2.75, 3.05) is 17.7 Å². The molecule has 10 heteroatoms. The first kappa shape index (κ1) is 27.2. The van der Waals surface area contributed by atoms with Crippen LogP contribution < -0.4 is 21.5 Å². The van der Waals surface area contributed by atoms with Gasteiger partial charge in [0, 0.05) is 40.4 Å². The van der Waals surface area contributed by atoms with Crippen molar-refractivity contribution in [1.29, 1.82) is 0 Å². The monoisotopic (exact) mass is 566 g/mol. The van der Waals surface area contributed by atoms with E-state index < -0.39 is 24.1 Å². The van der Waals surface area contributed by atoms with Crippen molar-refractivity contribution in [2.45, 2.75) is 38.5 Å². The first-order chi connectivity index (χ1) is 20.4. The molecule has 2 atom stereocenters. The van der Waals surface area contributed by atoms with Gasteiger partial charge in [0.1, 0.15) is 17.7 Å². The minimum absolute atomic E-state index is 0.131. The molecule has 0 radical (unpaired) electrons. The molecule has 3 heterocycles. The Balaban J connectivity index is 1.46. The molecule has 0 unspecified atom stereocenters. The molecule has 6 rings (SSSR count). The van der Waals surface area contributed by atoms with E-state index in [-0.39, 0.29) is 5.75 Å². The molecule has 0 saturated carbocycles. The highest BCUT2D eigenvalue weighted by atomic mass is 19.1. The number of carbonyl (C=O) groups is 1. The second-order valence-corrected chi connectivity index (χ2v) is 10.2. The highest BCUT2D eigenvalue weighted by molar-refractivity contribution is 5.99. The fourth-order valence-electron chi connectivity index (χ4n) is 5.27. The fraction of sp³-hybridized carbons (Fsp3) is 0.219. The zero-order valence-electron chi connectivity index (χ0n) is 23.1. The van der Waals surface area contributed by atoms with Gasteiger partial charge in [-0.25, -0.2) is 14.4 Å². The molecule has 1 aliphatic heterocycles. The number of nitrogens with two attached hydrogens (primary N) is 2. The number of nitrogens with zero attached hydrogens (tertiary/aromatic N) is 2. The van der Waals surface area contributed by atoms with Crippen LogP contribution in [0.1, 0.15) is 53.1 Å². The lowest BCUT2D eigenvalue weighted by Gasteiger charge is -2.23. The van der Waals surface area contributed by atoms with Crippen LogP contribution in [0, 0.1) is 5.82 Å². The average Bonchev–Trinajstić information content (AvgIpc) is 3.70. The number of nitrogen functional groups attached to an aromatic ring is 1. The number of aromatic amines is 1. The quantitative estimate of drug-likeness (QED) is 0.179. The van der Waals surface area contributed by atoms with Gasteiger partial charge in [-0.15, -0.1) is 0 Å². The Hall–Kier alpha value is -4.96. The summed E-state index contributed by atoms with van der Waals surface area (Å²) in [5.74, 6) is -0.0685. The van der Waals surface area contributed by atoms with Crippen LogP contribution in [0.25, 0.3) is 22.0 Å². The van der Waals surface area contributed by atoms with Crippen LogP contribution in [0.15, 0.2) is 73.1 Å². The number of hydrogen-bond acceptors (Lipinski definition) is 7. The molecule has 1 amide bonds. The lowest BCUT2D eigenvalue weighted by atomic mass is 9.99. The van der Waals surface area contributed by atoms with E-state index in [1.807, 2.05) is 43.3 Å². The van der Waals surface area contributed by atoms with Gasteiger partial charge in [0.25, 0.3) is 0 Å². The van der Waals surface area contributed by atoms with Crippen molar-refractivity contribution in [3.05, 3.63) is 101 Å². The topological polar surface area (TPSA) is 141 Å². The maximum atomic E-state index is 16.3. The number of hydrogen-bond donors (Lipinski definition) is 4. The number of rotatable bonds is 9. The van der Waals surface area contributed by atoms with E-state index in [0.717, 1.165) is 28.4 Å². The Kier molecular flexibility index (Phi) is 7.45. The van der Waals surface area contributed by atoms with Gasteiger partial charge in [0.05, 0.1) is 18.5 Å². The largest absolute Gasteiger partial charge is 0.462 e. The SMILES string of the molecule is CCc1cc(O[C@H]2CCCO2)c(F)c([C@H](Nc2ccc3c(N)nccc3c2)c2ncc(-c3ccccc3C(N)=O)[nH]2)c1. The fourth-order valence-corrected chi connectivity index (χ4v) is 5.27. The summed E-state index contributed by atoms with van der Waals surface area (Å²) in [4.78, 5) is 24.2. The van der Waals surface area contributed by atoms with Crippen LogP contribution in [0.2, 0.25) is 0 Å².